The maximum atomic E-state index is 11.7. The van der Waals surface area contributed by atoms with Gasteiger partial charge in [-0.15, -0.1) is 0 Å². The summed E-state index contributed by atoms with van der Waals surface area (Å²) >= 11 is 0. The summed E-state index contributed by atoms with van der Waals surface area (Å²) in [6.07, 6.45) is -26.7. The van der Waals surface area contributed by atoms with Crippen molar-refractivity contribution in [3.8, 4) is 0 Å². The van der Waals surface area contributed by atoms with Crippen LogP contribution in [0.1, 0.15) is 135 Å². The van der Waals surface area contributed by atoms with E-state index in [1.54, 1.807) is 14.1 Å². The van der Waals surface area contributed by atoms with Gasteiger partial charge < -0.3 is 198 Å². The summed E-state index contributed by atoms with van der Waals surface area (Å²) in [7, 11) is 8.10. The predicted molar refractivity (Wildman–Crippen MR) is 421 cm³/mol. The number of amides is 4. The molecule has 0 bridgehead atoms. The number of carbonyl (C=O) groups excluding carboxylic acids is 8. The van der Waals surface area contributed by atoms with Crippen molar-refractivity contribution < 1.29 is 215 Å². The lowest BCUT2D eigenvalue weighted by atomic mass is 9.98. The van der Waals surface area contributed by atoms with Gasteiger partial charge in [0.2, 0.25) is 11.8 Å². The van der Waals surface area contributed by atoms with E-state index in [2.05, 4.69) is 56.2 Å². The fraction of sp³-hybridized carbons (Fsp3) is 0.877. The fourth-order valence-electron chi connectivity index (χ4n) is 10.5. The second-order valence-electron chi connectivity index (χ2n) is 28.1. The highest BCUT2D eigenvalue weighted by atomic mass is 16.6. The van der Waals surface area contributed by atoms with Crippen molar-refractivity contribution in [2.75, 3.05) is 115 Å². The molecule has 728 valence electrons. The molecule has 2 aliphatic rings. The molecule has 26 atom stereocenters. The lowest BCUT2D eigenvalue weighted by Crippen LogP contribution is -2.63. The summed E-state index contributed by atoms with van der Waals surface area (Å²) in [4.78, 5) is 99.3. The molecular formula is C73H143N7O43. The van der Waals surface area contributed by atoms with E-state index in [1.807, 2.05) is 0 Å². The second kappa shape index (κ2) is 73.9. The van der Waals surface area contributed by atoms with E-state index < -0.39 is 216 Å². The van der Waals surface area contributed by atoms with Gasteiger partial charge in [0.15, 0.2) is 24.4 Å². The number of aliphatic hydroxyl groups is 27. The molecular weight excluding hydrogens is 1660 g/mol. The highest BCUT2D eigenvalue weighted by Crippen LogP contribution is 2.22. The minimum atomic E-state index is -1.96. The molecule has 4 amide bonds. The number of hydrogen-bond acceptors (Lipinski definition) is 45. The Hall–Kier alpha value is -6.05. The molecule has 2 aliphatic heterocycles. The molecule has 0 aromatic carbocycles. The molecule has 0 saturated carbocycles. The first-order valence-corrected chi connectivity index (χ1v) is 40.0. The van der Waals surface area contributed by atoms with Gasteiger partial charge in [0.05, 0.1) is 67.6 Å². The zero-order valence-electron chi connectivity index (χ0n) is 70.3. The van der Waals surface area contributed by atoms with Crippen LogP contribution in [0.4, 0.5) is 0 Å². The summed E-state index contributed by atoms with van der Waals surface area (Å²) in [5, 5.41) is 277. The fourth-order valence-corrected chi connectivity index (χ4v) is 10.5. The number of carboxylic acids is 1. The van der Waals surface area contributed by atoms with Gasteiger partial charge in [-0.3, -0.25) is 44.2 Å². The van der Waals surface area contributed by atoms with Crippen molar-refractivity contribution in [1.82, 2.24) is 37.2 Å². The molecule has 0 radical (unpaired) electrons. The maximum Gasteiger partial charge on any atom is 0.337 e. The Morgan fingerprint density at radius 3 is 0.984 bits per heavy atom. The maximum absolute atomic E-state index is 11.7. The van der Waals surface area contributed by atoms with Gasteiger partial charge in [-0.05, 0) is 83.8 Å². The van der Waals surface area contributed by atoms with E-state index in [4.69, 9.17) is 70.8 Å². The lowest BCUT2D eigenvalue weighted by molar-refractivity contribution is -0.236. The quantitative estimate of drug-likeness (QED) is 0.0153. The normalized spacial score (nSPS) is 22.4. The van der Waals surface area contributed by atoms with E-state index in [0.717, 1.165) is 58.5 Å². The molecule has 0 aromatic rings. The van der Waals surface area contributed by atoms with Crippen LogP contribution in [0.25, 0.3) is 0 Å². The molecule has 50 nitrogen and oxygen atoms in total. The highest BCUT2D eigenvalue weighted by molar-refractivity contribution is 5.82. The number of rotatable bonds is 56. The third kappa shape index (κ3) is 54.0. The predicted octanol–water partition coefficient (Wildman–Crippen LogP) is -15.3. The summed E-state index contributed by atoms with van der Waals surface area (Å²) in [5.74, 6) is -5.23. The van der Waals surface area contributed by atoms with Gasteiger partial charge in [-0.2, -0.15) is 0 Å². The number of aliphatic hydroxyl groups excluding tert-OH is 27. The molecule has 2 saturated heterocycles. The first-order chi connectivity index (χ1) is 58.0. The number of hydrogen-bond donors (Lipinski definition) is 35. The Bertz CT molecular complexity index is 2750. The average Bonchev–Trinajstić information content (AvgIpc) is 0.815. The van der Waals surface area contributed by atoms with Crippen molar-refractivity contribution in [2.24, 2.45) is 0 Å². The Labute approximate surface area is 711 Å². The molecule has 35 N–H and O–H groups in total. The lowest BCUT2D eigenvalue weighted by Gasteiger charge is -2.40. The van der Waals surface area contributed by atoms with Crippen molar-refractivity contribution in [3.05, 3.63) is 0 Å². The van der Waals surface area contributed by atoms with Crippen LogP contribution >= 0.6 is 0 Å². The number of carbonyl (C=O) groups is 9. The molecule has 2 rings (SSSR count). The van der Waals surface area contributed by atoms with Gasteiger partial charge in [-0.1, -0.05) is 38.5 Å². The van der Waals surface area contributed by atoms with Crippen LogP contribution in [0.2, 0.25) is 0 Å². The summed E-state index contributed by atoms with van der Waals surface area (Å²) in [5.41, 5.74) is 0. The number of unbranched alkanes of at least 4 members (excludes halogenated alkanes) is 11. The molecule has 50 heteroatoms. The largest absolute Gasteiger partial charge is 0.479 e. The smallest absolute Gasteiger partial charge is 0.337 e. The SMILES string of the molecule is CNC(=O)CCCCNC1OC(C(=O)O)C(O)C(O)C1O.CNC(=O)CCCCNC1OC(CO)C(O)C(O)C1O.COC(=O)C(O)C(O)C(O)C(O)CO.COC(=O)CCCCCCCCCCNC(=O)C(O)C(O)C(O)C(O)CO.COC(=O)CCCCNC(=O)C(O)C(O)C(O)C(O)CO.COC(=O)CCCCNCC(O)C(O)C(O)C(O)CO. The number of methoxy groups -OCH3 is 4. The van der Waals surface area contributed by atoms with Crippen LogP contribution in [0, 0.1) is 0 Å². The summed E-state index contributed by atoms with van der Waals surface area (Å²) in [6.45, 7) is -1.66. The number of esters is 4. The standard InChI is InChI=1S/C18H35NO8.C12H22N2O7.C12H24N2O6.C12H23NO8.C12H25NO7.C7H14O7/c1-27-14(22)10-8-6-4-2-3-5-7-9-11-19-18(26)17(25)16(24)15(23)13(21)12-20;1-13-6(15)4-2-3-5-14-11-9(18)7(16)8(17)10(21-11)12(19)20;1-13-8(16)4-2-3-5-14-12-11(19)10(18)9(17)7(6-15)20-12;1-21-8(16)4-2-3-5-13-12(20)11(19)10(18)9(17)7(15)6-14;1-20-10(17)4-2-3-5-13-6-8(15)11(18)12(19)9(16)7-14;1-14-7(13)6(12)5(11)4(10)3(9)2-8/h13,15-17,20-21,23-25H,2-12H2,1H3,(H,19,26);7-11,14,16-18H,2-5H2,1H3,(H,13,15)(H,19,20);7,9-12,14-15,17-19H,2-6H2,1H3,(H,13,16);7,9-11,14-15,17-19H,2-6H2,1H3,(H,13,20);8-9,11-16,18-19H,2-7H2,1H3;3-6,8-12H,2H2,1H3. The number of aliphatic carboxylic acids is 1. The number of carboxylic acid groups (broad SMARTS) is 1. The van der Waals surface area contributed by atoms with Gasteiger partial charge in [0.25, 0.3) is 11.8 Å². The van der Waals surface area contributed by atoms with Gasteiger partial charge in [-0.25, -0.2) is 9.59 Å². The first-order valence-electron chi connectivity index (χ1n) is 40.0. The zero-order chi connectivity index (χ0) is 95.0. The van der Waals surface area contributed by atoms with E-state index in [1.165, 1.54) is 21.3 Å². The van der Waals surface area contributed by atoms with Crippen molar-refractivity contribution >= 4 is 53.5 Å². The van der Waals surface area contributed by atoms with Gasteiger partial charge in [0, 0.05) is 65.8 Å². The second-order valence-corrected chi connectivity index (χ2v) is 28.1. The molecule has 0 aromatic heterocycles. The summed E-state index contributed by atoms with van der Waals surface area (Å²) in [6, 6.07) is 0. The molecule has 0 aliphatic carbocycles. The Kier molecular flexibility index (Phi) is 74.1. The van der Waals surface area contributed by atoms with Crippen LogP contribution in [0.5, 0.6) is 0 Å². The minimum Gasteiger partial charge on any atom is -0.479 e. The molecule has 26 unspecified atom stereocenters. The monoisotopic (exact) mass is 1810 g/mol. The van der Waals surface area contributed by atoms with Crippen LogP contribution in [-0.4, -0.2) is 470 Å². The summed E-state index contributed by atoms with van der Waals surface area (Å²) < 4.78 is 27.9. The van der Waals surface area contributed by atoms with E-state index in [9.17, 15) is 125 Å². The Morgan fingerprint density at radius 1 is 0.333 bits per heavy atom. The third-order valence-corrected chi connectivity index (χ3v) is 18.5. The van der Waals surface area contributed by atoms with Crippen molar-refractivity contribution in [1.29, 1.82) is 0 Å². The number of nitrogens with one attached hydrogen (secondary N) is 7. The molecule has 0 spiro atoms. The van der Waals surface area contributed by atoms with Crippen LogP contribution in [-0.2, 0) is 71.6 Å². The first kappa shape index (κ1) is 123. The van der Waals surface area contributed by atoms with Crippen LogP contribution in [0.15, 0.2) is 0 Å². The zero-order valence-corrected chi connectivity index (χ0v) is 70.3. The minimum absolute atomic E-state index is 0.0224. The number of ether oxygens (including phenoxy) is 6. The van der Waals surface area contributed by atoms with E-state index in [0.29, 0.717) is 103 Å². The van der Waals surface area contributed by atoms with Gasteiger partial charge >= 0.3 is 29.8 Å². The third-order valence-electron chi connectivity index (χ3n) is 18.5. The van der Waals surface area contributed by atoms with Crippen molar-refractivity contribution in [3.63, 3.8) is 0 Å². The van der Waals surface area contributed by atoms with Crippen molar-refractivity contribution in [2.45, 2.75) is 294 Å². The molecule has 123 heavy (non-hydrogen) atoms. The van der Waals surface area contributed by atoms with E-state index in [-0.39, 0.29) is 49.2 Å². The Morgan fingerprint density at radius 2 is 0.634 bits per heavy atom. The molecule has 2 heterocycles. The van der Waals surface area contributed by atoms with E-state index >= 15 is 0 Å². The van der Waals surface area contributed by atoms with Gasteiger partial charge in [0.1, 0.15) is 128 Å². The Balaban J connectivity index is -0.000000697. The highest BCUT2D eigenvalue weighted by Gasteiger charge is 2.47. The van der Waals surface area contributed by atoms with Crippen LogP contribution < -0.4 is 37.2 Å². The van der Waals surface area contributed by atoms with Crippen LogP contribution in [0.3, 0.4) is 0 Å². The average molecular weight is 1810 g/mol. The topological polar surface area (TPSA) is 860 Å². The molecule has 2 fully saturated rings.